The SMILES string of the molecule is O=C(N/N=C\c1cn(-c2ccccc2)nc1-c1ccc(OCc2ccccc2)cc1)c1ccc(Cl)cc1. The second-order valence-corrected chi connectivity index (χ2v) is 8.65. The second-order valence-electron chi connectivity index (χ2n) is 8.22. The molecule has 0 bridgehead atoms. The lowest BCUT2D eigenvalue weighted by molar-refractivity contribution is 0.0955. The molecule has 1 aromatic heterocycles. The topological polar surface area (TPSA) is 68.5 Å². The first-order valence-electron chi connectivity index (χ1n) is 11.7. The highest BCUT2D eigenvalue weighted by atomic mass is 35.5. The van der Waals surface area contributed by atoms with Crippen molar-refractivity contribution in [3.63, 3.8) is 0 Å². The van der Waals surface area contributed by atoms with Gasteiger partial charge in [-0.1, -0.05) is 60.1 Å². The van der Waals surface area contributed by atoms with E-state index in [1.807, 2.05) is 91.1 Å². The number of para-hydroxylation sites is 1. The van der Waals surface area contributed by atoms with E-state index in [1.165, 1.54) is 0 Å². The first-order chi connectivity index (χ1) is 18.2. The van der Waals surface area contributed by atoms with Crippen LogP contribution in [0.15, 0.2) is 120 Å². The highest BCUT2D eigenvalue weighted by Crippen LogP contribution is 2.25. The van der Waals surface area contributed by atoms with E-state index < -0.39 is 0 Å². The zero-order valence-electron chi connectivity index (χ0n) is 19.8. The molecule has 7 heteroatoms. The molecular formula is C30H23ClN4O2. The molecule has 0 atom stereocenters. The van der Waals surface area contributed by atoms with Crippen molar-refractivity contribution in [3.05, 3.63) is 137 Å². The number of carbonyl (C=O) groups is 1. The number of halogens is 1. The van der Waals surface area contributed by atoms with Gasteiger partial charge in [-0.15, -0.1) is 0 Å². The van der Waals surface area contributed by atoms with Gasteiger partial charge in [0.05, 0.1) is 11.9 Å². The van der Waals surface area contributed by atoms with Gasteiger partial charge < -0.3 is 4.74 Å². The van der Waals surface area contributed by atoms with Gasteiger partial charge >= 0.3 is 0 Å². The molecule has 1 amide bonds. The van der Waals surface area contributed by atoms with Gasteiger partial charge in [0.15, 0.2) is 0 Å². The Morgan fingerprint density at radius 1 is 0.892 bits per heavy atom. The predicted molar refractivity (Wildman–Crippen MR) is 146 cm³/mol. The zero-order chi connectivity index (χ0) is 25.5. The third kappa shape index (κ3) is 6.12. The van der Waals surface area contributed by atoms with Crippen molar-refractivity contribution in [2.45, 2.75) is 6.61 Å². The Hall–Kier alpha value is -4.68. The monoisotopic (exact) mass is 506 g/mol. The van der Waals surface area contributed by atoms with Crippen LogP contribution in [0.4, 0.5) is 0 Å². The maximum atomic E-state index is 12.4. The number of hydrogen-bond donors (Lipinski definition) is 1. The van der Waals surface area contributed by atoms with Crippen molar-refractivity contribution in [2.75, 3.05) is 0 Å². The van der Waals surface area contributed by atoms with Gasteiger partial charge in [0.1, 0.15) is 18.1 Å². The Kier molecular flexibility index (Phi) is 7.39. The smallest absolute Gasteiger partial charge is 0.271 e. The minimum Gasteiger partial charge on any atom is -0.489 e. The zero-order valence-corrected chi connectivity index (χ0v) is 20.5. The van der Waals surface area contributed by atoms with E-state index in [1.54, 1.807) is 35.2 Å². The number of carbonyl (C=O) groups excluding carboxylic acids is 1. The van der Waals surface area contributed by atoms with Crippen LogP contribution in [-0.4, -0.2) is 21.9 Å². The van der Waals surface area contributed by atoms with Gasteiger partial charge in [-0.3, -0.25) is 4.79 Å². The molecule has 0 unspecified atom stereocenters. The largest absolute Gasteiger partial charge is 0.489 e. The van der Waals surface area contributed by atoms with E-state index in [9.17, 15) is 4.79 Å². The Morgan fingerprint density at radius 2 is 1.57 bits per heavy atom. The highest BCUT2D eigenvalue weighted by Gasteiger charge is 2.12. The van der Waals surface area contributed by atoms with Crippen molar-refractivity contribution in [1.29, 1.82) is 0 Å². The predicted octanol–water partition coefficient (Wildman–Crippen LogP) is 6.54. The Balaban J connectivity index is 1.37. The van der Waals surface area contributed by atoms with Crippen molar-refractivity contribution < 1.29 is 9.53 Å². The van der Waals surface area contributed by atoms with Gasteiger partial charge in [-0.25, -0.2) is 10.1 Å². The average molecular weight is 507 g/mol. The molecule has 0 spiro atoms. The van der Waals surface area contributed by atoms with Crippen LogP contribution in [0, 0.1) is 0 Å². The quantitative estimate of drug-likeness (QED) is 0.192. The minimum atomic E-state index is -0.329. The van der Waals surface area contributed by atoms with Crippen LogP contribution in [0.1, 0.15) is 21.5 Å². The summed E-state index contributed by atoms with van der Waals surface area (Å²) in [4.78, 5) is 12.4. The van der Waals surface area contributed by atoms with E-state index in [-0.39, 0.29) is 5.91 Å². The van der Waals surface area contributed by atoms with E-state index in [0.29, 0.717) is 17.2 Å². The molecule has 0 fully saturated rings. The molecule has 37 heavy (non-hydrogen) atoms. The number of hydrogen-bond acceptors (Lipinski definition) is 4. The normalized spacial score (nSPS) is 10.9. The van der Waals surface area contributed by atoms with Crippen molar-refractivity contribution >= 4 is 23.7 Å². The minimum absolute atomic E-state index is 0.329. The molecule has 0 saturated carbocycles. The lowest BCUT2D eigenvalue weighted by Crippen LogP contribution is -2.17. The summed E-state index contributed by atoms with van der Waals surface area (Å²) in [6.45, 7) is 0.494. The number of hydrazone groups is 1. The molecule has 0 aliphatic rings. The number of ether oxygens (including phenoxy) is 1. The Morgan fingerprint density at radius 3 is 2.27 bits per heavy atom. The standard InChI is InChI=1S/C30H23ClN4O2/c31-26-15-11-24(12-16-26)30(36)33-32-19-25-20-35(27-9-5-2-6-10-27)34-29(25)23-13-17-28(18-14-23)37-21-22-7-3-1-4-8-22/h1-20H,21H2,(H,33,36)/b32-19-. The molecule has 0 radical (unpaired) electrons. The lowest BCUT2D eigenvalue weighted by Gasteiger charge is -2.07. The summed E-state index contributed by atoms with van der Waals surface area (Å²) in [5, 5.41) is 9.54. The van der Waals surface area contributed by atoms with Crippen molar-refractivity contribution in [2.24, 2.45) is 5.10 Å². The fourth-order valence-electron chi connectivity index (χ4n) is 3.70. The maximum Gasteiger partial charge on any atom is 0.271 e. The molecular weight excluding hydrogens is 484 g/mol. The van der Waals surface area contributed by atoms with Crippen molar-refractivity contribution in [1.82, 2.24) is 15.2 Å². The summed E-state index contributed by atoms with van der Waals surface area (Å²) in [6.07, 6.45) is 3.47. The van der Waals surface area contributed by atoms with Crippen LogP contribution in [-0.2, 0) is 6.61 Å². The van der Waals surface area contributed by atoms with Gasteiger partial charge in [-0.2, -0.15) is 10.2 Å². The van der Waals surface area contributed by atoms with Crippen molar-refractivity contribution in [3.8, 4) is 22.7 Å². The number of amides is 1. The first-order valence-corrected chi connectivity index (χ1v) is 12.0. The third-order valence-electron chi connectivity index (χ3n) is 5.62. The molecule has 5 aromatic rings. The Bertz CT molecular complexity index is 1500. The van der Waals surface area contributed by atoms with Gasteiger partial charge in [-0.05, 0) is 66.2 Å². The highest BCUT2D eigenvalue weighted by molar-refractivity contribution is 6.30. The summed E-state index contributed by atoms with van der Waals surface area (Å²) in [5.41, 5.74) is 7.42. The summed E-state index contributed by atoms with van der Waals surface area (Å²) in [5.74, 6) is 0.436. The van der Waals surface area contributed by atoms with Gasteiger partial charge in [0.25, 0.3) is 5.91 Å². The van der Waals surface area contributed by atoms with Crippen LogP contribution < -0.4 is 10.2 Å². The van der Waals surface area contributed by atoms with Crippen LogP contribution in [0.5, 0.6) is 5.75 Å². The van der Waals surface area contributed by atoms with Crippen LogP contribution in [0.3, 0.4) is 0 Å². The number of benzene rings is 4. The van der Waals surface area contributed by atoms with Crippen LogP contribution in [0.2, 0.25) is 5.02 Å². The molecule has 4 aromatic carbocycles. The summed E-state index contributed by atoms with van der Waals surface area (Å²) in [6, 6.07) is 34.2. The van der Waals surface area contributed by atoms with Gasteiger partial charge in [0.2, 0.25) is 0 Å². The van der Waals surface area contributed by atoms with Gasteiger partial charge in [0, 0.05) is 27.9 Å². The van der Waals surface area contributed by atoms with E-state index in [0.717, 1.165) is 33.8 Å². The second kappa shape index (κ2) is 11.4. The number of rotatable bonds is 8. The molecule has 182 valence electrons. The molecule has 0 aliphatic carbocycles. The van der Waals surface area contributed by atoms with E-state index in [2.05, 4.69) is 10.5 Å². The lowest BCUT2D eigenvalue weighted by atomic mass is 10.1. The summed E-state index contributed by atoms with van der Waals surface area (Å²) < 4.78 is 7.71. The number of aromatic nitrogens is 2. The van der Waals surface area contributed by atoms with Crippen LogP contribution in [0.25, 0.3) is 16.9 Å². The van der Waals surface area contributed by atoms with E-state index in [4.69, 9.17) is 21.4 Å². The fraction of sp³-hybridized carbons (Fsp3) is 0.0333. The average Bonchev–Trinajstić information content (AvgIpc) is 3.38. The first kappa shape index (κ1) is 24.0. The summed E-state index contributed by atoms with van der Waals surface area (Å²) >= 11 is 5.91. The molecule has 0 saturated heterocycles. The summed E-state index contributed by atoms with van der Waals surface area (Å²) in [7, 11) is 0. The third-order valence-corrected chi connectivity index (χ3v) is 5.87. The maximum absolute atomic E-state index is 12.4. The van der Waals surface area contributed by atoms with E-state index >= 15 is 0 Å². The molecule has 5 rings (SSSR count). The molecule has 1 heterocycles. The van der Waals surface area contributed by atoms with Crippen LogP contribution >= 0.6 is 11.6 Å². The molecule has 1 N–H and O–H groups in total. The Labute approximate surface area is 219 Å². The number of nitrogens with zero attached hydrogens (tertiary/aromatic N) is 3. The molecule has 0 aliphatic heterocycles. The number of nitrogens with one attached hydrogen (secondary N) is 1. The fourth-order valence-corrected chi connectivity index (χ4v) is 3.82. The molecule has 6 nitrogen and oxygen atoms in total.